The fourth-order valence-electron chi connectivity index (χ4n) is 3.32. The number of hydrogen-bond acceptors (Lipinski definition) is 4. The monoisotopic (exact) mass is 362 g/mol. The third-order valence-electron chi connectivity index (χ3n) is 4.67. The molecule has 0 unspecified atom stereocenters. The number of amides is 2. The SMILES string of the molecule is O=C(N[C@@H]1CCCN(c2ccccc2)C1=O)c1cc(=O)c2ccccc2o1. The molecule has 0 radical (unpaired) electrons. The minimum atomic E-state index is -0.650. The van der Waals surface area contributed by atoms with Crippen molar-refractivity contribution in [3.63, 3.8) is 0 Å². The summed E-state index contributed by atoms with van der Waals surface area (Å²) in [6.45, 7) is 0.611. The van der Waals surface area contributed by atoms with E-state index in [1.54, 1.807) is 29.2 Å². The van der Waals surface area contributed by atoms with Crippen LogP contribution in [0.1, 0.15) is 23.4 Å². The van der Waals surface area contributed by atoms with E-state index in [0.29, 0.717) is 23.9 Å². The molecule has 6 heteroatoms. The second kappa shape index (κ2) is 7.07. The number of anilines is 1. The molecule has 0 saturated carbocycles. The van der Waals surface area contributed by atoms with E-state index in [4.69, 9.17) is 4.42 Å². The Morgan fingerprint density at radius 1 is 1.04 bits per heavy atom. The van der Waals surface area contributed by atoms with Gasteiger partial charge in [-0.15, -0.1) is 0 Å². The van der Waals surface area contributed by atoms with Gasteiger partial charge in [-0.3, -0.25) is 14.4 Å². The molecule has 1 atom stereocenters. The van der Waals surface area contributed by atoms with Gasteiger partial charge in [0.15, 0.2) is 11.2 Å². The van der Waals surface area contributed by atoms with E-state index < -0.39 is 11.9 Å². The molecule has 2 amide bonds. The lowest BCUT2D eigenvalue weighted by molar-refractivity contribution is -0.121. The van der Waals surface area contributed by atoms with Crippen LogP contribution in [0.5, 0.6) is 0 Å². The van der Waals surface area contributed by atoms with Gasteiger partial charge >= 0.3 is 0 Å². The average molecular weight is 362 g/mol. The maximum atomic E-state index is 12.8. The van der Waals surface area contributed by atoms with Crippen molar-refractivity contribution < 1.29 is 14.0 Å². The van der Waals surface area contributed by atoms with Gasteiger partial charge in [-0.2, -0.15) is 0 Å². The Labute approximate surface area is 155 Å². The molecular formula is C21H18N2O4. The molecule has 6 nitrogen and oxygen atoms in total. The Balaban J connectivity index is 1.56. The zero-order chi connectivity index (χ0) is 18.8. The molecule has 0 spiro atoms. The van der Waals surface area contributed by atoms with Gasteiger partial charge in [-0.25, -0.2) is 0 Å². The molecule has 136 valence electrons. The first-order valence-corrected chi connectivity index (χ1v) is 8.84. The smallest absolute Gasteiger partial charge is 0.287 e. The van der Waals surface area contributed by atoms with E-state index in [-0.39, 0.29) is 17.1 Å². The predicted octanol–water partition coefficient (Wildman–Crippen LogP) is 2.72. The normalized spacial score (nSPS) is 17.1. The number of rotatable bonds is 3. The number of nitrogens with one attached hydrogen (secondary N) is 1. The van der Waals surface area contributed by atoms with Crippen molar-refractivity contribution in [1.29, 1.82) is 0 Å². The van der Waals surface area contributed by atoms with Crippen LogP contribution in [0.25, 0.3) is 11.0 Å². The molecule has 4 rings (SSSR count). The molecular weight excluding hydrogens is 344 g/mol. The molecule has 1 fully saturated rings. The third-order valence-corrected chi connectivity index (χ3v) is 4.67. The number of fused-ring (bicyclic) bond motifs is 1. The summed E-state index contributed by atoms with van der Waals surface area (Å²) in [6, 6.07) is 16.6. The molecule has 1 aliphatic rings. The van der Waals surface area contributed by atoms with Crippen LogP contribution in [0.15, 0.2) is 69.9 Å². The lowest BCUT2D eigenvalue weighted by Gasteiger charge is -2.32. The highest BCUT2D eigenvalue weighted by atomic mass is 16.3. The lowest BCUT2D eigenvalue weighted by atomic mass is 10.0. The van der Waals surface area contributed by atoms with Crippen molar-refractivity contribution >= 4 is 28.5 Å². The van der Waals surface area contributed by atoms with Crippen LogP contribution in [-0.2, 0) is 4.79 Å². The van der Waals surface area contributed by atoms with Gasteiger partial charge in [-0.1, -0.05) is 30.3 Å². The minimum absolute atomic E-state index is 0.0941. The van der Waals surface area contributed by atoms with Gasteiger partial charge < -0.3 is 14.6 Å². The van der Waals surface area contributed by atoms with Crippen molar-refractivity contribution in [2.75, 3.05) is 11.4 Å². The maximum Gasteiger partial charge on any atom is 0.287 e. The minimum Gasteiger partial charge on any atom is -0.451 e. The van der Waals surface area contributed by atoms with Crippen LogP contribution < -0.4 is 15.6 Å². The summed E-state index contributed by atoms with van der Waals surface area (Å²) < 4.78 is 5.56. The van der Waals surface area contributed by atoms with E-state index in [0.717, 1.165) is 12.1 Å². The highest BCUT2D eigenvalue weighted by molar-refractivity contribution is 6.02. The fraction of sp³-hybridized carbons (Fsp3) is 0.190. The van der Waals surface area contributed by atoms with Gasteiger partial charge in [-0.05, 0) is 37.1 Å². The van der Waals surface area contributed by atoms with E-state index in [1.807, 2.05) is 30.3 Å². The molecule has 2 aromatic carbocycles. The Kier molecular flexibility index (Phi) is 4.46. The van der Waals surface area contributed by atoms with Crippen molar-refractivity contribution in [1.82, 2.24) is 5.32 Å². The largest absolute Gasteiger partial charge is 0.451 e. The summed E-state index contributed by atoms with van der Waals surface area (Å²) in [7, 11) is 0. The first-order chi connectivity index (χ1) is 13.1. The summed E-state index contributed by atoms with van der Waals surface area (Å²) in [5, 5.41) is 3.13. The van der Waals surface area contributed by atoms with Crippen molar-refractivity contribution in [2.24, 2.45) is 0 Å². The molecule has 0 bridgehead atoms. The van der Waals surface area contributed by atoms with Crippen LogP contribution in [-0.4, -0.2) is 24.4 Å². The predicted molar refractivity (Wildman–Crippen MR) is 102 cm³/mol. The van der Waals surface area contributed by atoms with Gasteiger partial charge in [0.25, 0.3) is 5.91 Å². The maximum absolute atomic E-state index is 12.8. The number of piperidine rings is 1. The Morgan fingerprint density at radius 3 is 2.59 bits per heavy atom. The summed E-state index contributed by atoms with van der Waals surface area (Å²) in [6.07, 6.45) is 1.32. The fourth-order valence-corrected chi connectivity index (χ4v) is 3.32. The number of benzene rings is 2. The number of carbonyl (C=O) groups is 2. The molecule has 1 aromatic heterocycles. The quantitative estimate of drug-likeness (QED) is 0.777. The molecule has 3 aromatic rings. The zero-order valence-corrected chi connectivity index (χ0v) is 14.6. The summed E-state index contributed by atoms with van der Waals surface area (Å²) >= 11 is 0. The second-order valence-corrected chi connectivity index (χ2v) is 6.46. The molecule has 27 heavy (non-hydrogen) atoms. The van der Waals surface area contributed by atoms with E-state index in [9.17, 15) is 14.4 Å². The van der Waals surface area contributed by atoms with E-state index >= 15 is 0 Å². The number of para-hydroxylation sites is 2. The van der Waals surface area contributed by atoms with Crippen LogP contribution in [0, 0.1) is 0 Å². The zero-order valence-electron chi connectivity index (χ0n) is 14.6. The molecule has 1 saturated heterocycles. The van der Waals surface area contributed by atoms with Crippen molar-refractivity contribution in [3.05, 3.63) is 76.6 Å². The molecule has 1 N–H and O–H groups in total. The average Bonchev–Trinajstić information content (AvgIpc) is 2.70. The Bertz CT molecular complexity index is 1060. The van der Waals surface area contributed by atoms with Crippen molar-refractivity contribution in [2.45, 2.75) is 18.9 Å². The van der Waals surface area contributed by atoms with Gasteiger partial charge in [0.2, 0.25) is 5.91 Å². The summed E-state index contributed by atoms with van der Waals surface area (Å²) in [5.74, 6) is -0.821. The second-order valence-electron chi connectivity index (χ2n) is 6.46. The summed E-state index contributed by atoms with van der Waals surface area (Å²) in [4.78, 5) is 39.2. The van der Waals surface area contributed by atoms with Gasteiger partial charge in [0.1, 0.15) is 11.6 Å². The van der Waals surface area contributed by atoms with Crippen LogP contribution in [0.2, 0.25) is 0 Å². The Hall–Kier alpha value is -3.41. The molecule has 0 aliphatic carbocycles. The Morgan fingerprint density at radius 2 is 1.78 bits per heavy atom. The van der Waals surface area contributed by atoms with E-state index in [1.165, 1.54) is 6.07 Å². The third kappa shape index (κ3) is 3.33. The van der Waals surface area contributed by atoms with Crippen LogP contribution >= 0.6 is 0 Å². The molecule has 1 aliphatic heterocycles. The first kappa shape index (κ1) is 17.0. The molecule has 2 heterocycles. The topological polar surface area (TPSA) is 79.6 Å². The van der Waals surface area contributed by atoms with Gasteiger partial charge in [0, 0.05) is 18.3 Å². The van der Waals surface area contributed by atoms with Crippen LogP contribution in [0.4, 0.5) is 5.69 Å². The first-order valence-electron chi connectivity index (χ1n) is 8.84. The van der Waals surface area contributed by atoms with Crippen molar-refractivity contribution in [3.8, 4) is 0 Å². The summed E-state index contributed by atoms with van der Waals surface area (Å²) in [5.41, 5.74) is 0.859. The number of nitrogens with zero attached hydrogens (tertiary/aromatic N) is 1. The highest BCUT2D eigenvalue weighted by Crippen LogP contribution is 2.21. The highest BCUT2D eigenvalue weighted by Gasteiger charge is 2.31. The van der Waals surface area contributed by atoms with Crippen LogP contribution in [0.3, 0.4) is 0 Å². The van der Waals surface area contributed by atoms with Gasteiger partial charge in [0.05, 0.1) is 5.39 Å². The van der Waals surface area contributed by atoms with E-state index in [2.05, 4.69) is 5.32 Å². The number of hydrogen-bond donors (Lipinski definition) is 1. The lowest BCUT2D eigenvalue weighted by Crippen LogP contribution is -2.52. The number of carbonyl (C=O) groups excluding carboxylic acids is 2. The standard InChI is InChI=1S/C21H18N2O4/c24-17-13-19(27-18-11-5-4-9-15(17)18)20(25)22-16-10-6-12-23(21(16)26)14-7-2-1-3-8-14/h1-5,7-9,11,13,16H,6,10,12H2,(H,22,25)/t16-/m1/s1.